The van der Waals surface area contributed by atoms with Gasteiger partial charge in [-0.15, -0.1) is 0 Å². The molecule has 0 aliphatic carbocycles. The number of ether oxygens (including phenoxy) is 1. The first-order chi connectivity index (χ1) is 9.06. The lowest BCUT2D eigenvalue weighted by atomic mass is 10.0. The number of aliphatic carboxylic acids is 1. The van der Waals surface area contributed by atoms with Gasteiger partial charge in [-0.3, -0.25) is 9.59 Å². The smallest absolute Gasteiger partial charge is 0.306 e. The SMILES string of the molecule is CCCCCCCCOC(=O)CC(C)CCC(=O)O. The molecule has 1 atom stereocenters. The van der Waals surface area contributed by atoms with E-state index in [1.54, 1.807) is 0 Å². The summed E-state index contributed by atoms with van der Waals surface area (Å²) < 4.78 is 5.14. The maximum Gasteiger partial charge on any atom is 0.306 e. The van der Waals surface area contributed by atoms with E-state index < -0.39 is 5.97 Å². The van der Waals surface area contributed by atoms with Crippen molar-refractivity contribution in [1.82, 2.24) is 0 Å². The van der Waals surface area contributed by atoms with Crippen molar-refractivity contribution in [3.63, 3.8) is 0 Å². The lowest BCUT2D eigenvalue weighted by Crippen LogP contribution is -2.11. The molecule has 0 amide bonds. The summed E-state index contributed by atoms with van der Waals surface area (Å²) >= 11 is 0. The van der Waals surface area contributed by atoms with Crippen LogP contribution in [0.5, 0.6) is 0 Å². The number of hydrogen-bond donors (Lipinski definition) is 1. The van der Waals surface area contributed by atoms with Crippen molar-refractivity contribution in [3.8, 4) is 0 Å². The molecule has 0 spiro atoms. The van der Waals surface area contributed by atoms with Gasteiger partial charge in [-0.1, -0.05) is 46.0 Å². The van der Waals surface area contributed by atoms with Gasteiger partial charge in [-0.2, -0.15) is 0 Å². The third-order valence-corrected chi connectivity index (χ3v) is 3.13. The fraction of sp³-hybridized carbons (Fsp3) is 0.867. The van der Waals surface area contributed by atoms with E-state index in [0.717, 1.165) is 12.8 Å². The predicted octanol–water partition coefficient (Wildman–Crippen LogP) is 3.78. The summed E-state index contributed by atoms with van der Waals surface area (Å²) in [5.74, 6) is -0.938. The Hall–Kier alpha value is -1.06. The first-order valence-corrected chi connectivity index (χ1v) is 7.43. The molecular formula is C15H28O4. The van der Waals surface area contributed by atoms with Crippen molar-refractivity contribution in [3.05, 3.63) is 0 Å². The van der Waals surface area contributed by atoms with Gasteiger partial charge < -0.3 is 9.84 Å². The second-order valence-electron chi connectivity index (χ2n) is 5.23. The van der Waals surface area contributed by atoms with Gasteiger partial charge in [0.2, 0.25) is 0 Å². The Morgan fingerprint density at radius 1 is 1.11 bits per heavy atom. The summed E-state index contributed by atoms with van der Waals surface area (Å²) in [6.07, 6.45) is 8.00. The molecule has 19 heavy (non-hydrogen) atoms. The lowest BCUT2D eigenvalue weighted by molar-refractivity contribution is -0.145. The minimum Gasteiger partial charge on any atom is -0.481 e. The second-order valence-corrected chi connectivity index (χ2v) is 5.23. The molecule has 0 aliphatic rings. The molecule has 0 rings (SSSR count). The molecule has 1 N–H and O–H groups in total. The molecule has 0 fully saturated rings. The van der Waals surface area contributed by atoms with E-state index in [2.05, 4.69) is 6.92 Å². The van der Waals surface area contributed by atoms with Gasteiger partial charge in [0.1, 0.15) is 0 Å². The Bertz CT molecular complexity index is 251. The summed E-state index contributed by atoms with van der Waals surface area (Å²) in [7, 11) is 0. The quantitative estimate of drug-likeness (QED) is 0.434. The molecule has 0 heterocycles. The normalized spacial score (nSPS) is 12.1. The van der Waals surface area contributed by atoms with Crippen LogP contribution in [0.25, 0.3) is 0 Å². The standard InChI is InChI=1S/C15H28O4/c1-3-4-5-6-7-8-11-19-15(18)12-13(2)9-10-14(16)17/h13H,3-12H2,1-2H3,(H,16,17). The summed E-state index contributed by atoms with van der Waals surface area (Å²) in [6, 6.07) is 0. The topological polar surface area (TPSA) is 63.6 Å². The molecule has 0 bridgehead atoms. The van der Waals surface area contributed by atoms with Gasteiger partial charge in [0, 0.05) is 12.8 Å². The van der Waals surface area contributed by atoms with Crippen LogP contribution in [0, 0.1) is 5.92 Å². The zero-order valence-corrected chi connectivity index (χ0v) is 12.3. The zero-order chi connectivity index (χ0) is 14.5. The average molecular weight is 272 g/mol. The Morgan fingerprint density at radius 2 is 1.74 bits per heavy atom. The van der Waals surface area contributed by atoms with Gasteiger partial charge in [-0.05, 0) is 18.8 Å². The number of carboxylic acid groups (broad SMARTS) is 1. The number of rotatable bonds is 12. The summed E-state index contributed by atoms with van der Waals surface area (Å²) in [6.45, 7) is 4.57. The van der Waals surface area contributed by atoms with Crippen LogP contribution in [0.4, 0.5) is 0 Å². The third kappa shape index (κ3) is 13.2. The number of carbonyl (C=O) groups is 2. The minimum absolute atomic E-state index is 0.0770. The van der Waals surface area contributed by atoms with Crippen LogP contribution < -0.4 is 0 Å². The van der Waals surface area contributed by atoms with Crippen molar-refractivity contribution in [2.75, 3.05) is 6.61 Å². The molecule has 0 aromatic heterocycles. The highest BCUT2D eigenvalue weighted by molar-refractivity contribution is 5.70. The highest BCUT2D eigenvalue weighted by Gasteiger charge is 2.11. The first kappa shape index (κ1) is 17.9. The van der Waals surface area contributed by atoms with E-state index >= 15 is 0 Å². The van der Waals surface area contributed by atoms with Crippen molar-refractivity contribution < 1.29 is 19.4 Å². The summed E-state index contributed by atoms with van der Waals surface area (Å²) in [5, 5.41) is 8.54. The first-order valence-electron chi connectivity index (χ1n) is 7.43. The Labute approximate surface area is 116 Å². The molecule has 1 unspecified atom stereocenters. The number of hydrogen-bond acceptors (Lipinski definition) is 3. The van der Waals surface area contributed by atoms with E-state index in [0.29, 0.717) is 19.4 Å². The van der Waals surface area contributed by atoms with Crippen LogP contribution in [-0.2, 0) is 14.3 Å². The molecular weight excluding hydrogens is 244 g/mol. The van der Waals surface area contributed by atoms with E-state index in [1.165, 1.54) is 25.7 Å². The van der Waals surface area contributed by atoms with E-state index in [-0.39, 0.29) is 18.3 Å². The van der Waals surface area contributed by atoms with Crippen molar-refractivity contribution in [2.24, 2.45) is 5.92 Å². The Kier molecular flexibility index (Phi) is 11.3. The number of esters is 1. The zero-order valence-electron chi connectivity index (χ0n) is 12.3. The number of carbonyl (C=O) groups excluding carboxylic acids is 1. The summed E-state index contributed by atoms with van der Waals surface area (Å²) in [5.41, 5.74) is 0. The molecule has 0 aromatic rings. The molecule has 0 aromatic carbocycles. The molecule has 0 saturated heterocycles. The largest absolute Gasteiger partial charge is 0.481 e. The highest BCUT2D eigenvalue weighted by atomic mass is 16.5. The lowest BCUT2D eigenvalue weighted by Gasteiger charge is -2.09. The molecule has 0 saturated carbocycles. The van der Waals surface area contributed by atoms with Gasteiger partial charge in [0.25, 0.3) is 0 Å². The molecule has 0 aliphatic heterocycles. The average Bonchev–Trinajstić information content (AvgIpc) is 2.35. The fourth-order valence-electron chi connectivity index (χ4n) is 1.88. The maximum absolute atomic E-state index is 11.5. The van der Waals surface area contributed by atoms with Crippen molar-refractivity contribution >= 4 is 11.9 Å². The van der Waals surface area contributed by atoms with Crippen LogP contribution in [0.1, 0.15) is 71.6 Å². The third-order valence-electron chi connectivity index (χ3n) is 3.13. The Morgan fingerprint density at radius 3 is 2.37 bits per heavy atom. The number of carboxylic acids is 1. The van der Waals surface area contributed by atoms with Gasteiger partial charge >= 0.3 is 11.9 Å². The Balaban J connectivity index is 3.40. The molecule has 0 radical (unpaired) electrons. The molecule has 4 nitrogen and oxygen atoms in total. The summed E-state index contributed by atoms with van der Waals surface area (Å²) in [4.78, 5) is 21.9. The minimum atomic E-state index is -0.813. The van der Waals surface area contributed by atoms with E-state index in [9.17, 15) is 9.59 Å². The van der Waals surface area contributed by atoms with Crippen LogP contribution >= 0.6 is 0 Å². The van der Waals surface area contributed by atoms with Gasteiger partial charge in [0.15, 0.2) is 0 Å². The van der Waals surface area contributed by atoms with Crippen LogP contribution in [0.2, 0.25) is 0 Å². The maximum atomic E-state index is 11.5. The predicted molar refractivity (Wildman–Crippen MR) is 75.0 cm³/mol. The highest BCUT2D eigenvalue weighted by Crippen LogP contribution is 2.11. The van der Waals surface area contributed by atoms with Gasteiger partial charge in [0.05, 0.1) is 6.61 Å². The monoisotopic (exact) mass is 272 g/mol. The van der Waals surface area contributed by atoms with Crippen LogP contribution in [0.15, 0.2) is 0 Å². The second kappa shape index (κ2) is 12.0. The van der Waals surface area contributed by atoms with E-state index in [1.807, 2.05) is 6.92 Å². The van der Waals surface area contributed by atoms with Crippen molar-refractivity contribution in [1.29, 1.82) is 0 Å². The van der Waals surface area contributed by atoms with Crippen LogP contribution in [-0.4, -0.2) is 23.7 Å². The van der Waals surface area contributed by atoms with Gasteiger partial charge in [-0.25, -0.2) is 0 Å². The molecule has 112 valence electrons. The fourth-order valence-corrected chi connectivity index (χ4v) is 1.88. The van der Waals surface area contributed by atoms with Crippen LogP contribution in [0.3, 0.4) is 0 Å². The van der Waals surface area contributed by atoms with E-state index in [4.69, 9.17) is 9.84 Å². The van der Waals surface area contributed by atoms with Crippen molar-refractivity contribution in [2.45, 2.75) is 71.6 Å². The number of unbranched alkanes of at least 4 members (excludes halogenated alkanes) is 5. The molecule has 4 heteroatoms.